The number of benzene rings is 1. The Morgan fingerprint density at radius 2 is 1.79 bits per heavy atom. The Hall–Kier alpha value is -2.04. The Morgan fingerprint density at radius 1 is 1.10 bits per heavy atom. The number of carbonyl (C=O) groups is 1. The summed E-state index contributed by atoms with van der Waals surface area (Å²) in [4.78, 5) is 16.6. The smallest absolute Gasteiger partial charge is 0.411 e. The number of ether oxygens (including phenoxy) is 3. The van der Waals surface area contributed by atoms with Crippen molar-refractivity contribution in [2.75, 3.05) is 72.0 Å². The molecule has 1 amide bonds. The van der Waals surface area contributed by atoms with Gasteiger partial charge in [0.2, 0.25) is 5.91 Å². The molecule has 1 fully saturated rings. The summed E-state index contributed by atoms with van der Waals surface area (Å²) in [6.07, 6.45) is -3.73. The number of piperazine rings is 1. The number of amides is 1. The Balaban J connectivity index is 1.68. The van der Waals surface area contributed by atoms with E-state index in [4.69, 9.17) is 9.47 Å². The summed E-state index contributed by atoms with van der Waals surface area (Å²) in [5, 5.41) is 2.85. The first-order chi connectivity index (χ1) is 13.8. The first kappa shape index (κ1) is 23.2. The van der Waals surface area contributed by atoms with Gasteiger partial charge < -0.3 is 24.4 Å². The number of nitrogens with one attached hydrogen (secondary N) is 1. The number of hydrogen-bond acceptors (Lipinski definition) is 6. The molecule has 0 aromatic heterocycles. The Bertz CT molecular complexity index is 650. The van der Waals surface area contributed by atoms with Crippen LogP contribution < -0.4 is 14.8 Å². The van der Waals surface area contributed by atoms with Crippen LogP contribution in [0.15, 0.2) is 18.2 Å². The second-order valence-corrected chi connectivity index (χ2v) is 6.75. The normalized spacial score (nSPS) is 15.9. The maximum Gasteiger partial charge on any atom is 0.411 e. The lowest BCUT2D eigenvalue weighted by atomic mass is 10.2. The zero-order valence-corrected chi connectivity index (χ0v) is 16.8. The van der Waals surface area contributed by atoms with Crippen molar-refractivity contribution in [2.24, 2.45) is 0 Å². The summed E-state index contributed by atoms with van der Waals surface area (Å²) in [5.41, 5.74) is 0.550. The van der Waals surface area contributed by atoms with Gasteiger partial charge in [0.1, 0.15) is 18.1 Å². The number of anilines is 1. The molecule has 1 N–H and O–H groups in total. The zero-order chi connectivity index (χ0) is 21.3. The van der Waals surface area contributed by atoms with Gasteiger partial charge in [-0.2, -0.15) is 13.2 Å². The molecule has 1 aromatic carbocycles. The van der Waals surface area contributed by atoms with Gasteiger partial charge in [-0.3, -0.25) is 9.69 Å². The van der Waals surface area contributed by atoms with Gasteiger partial charge in [0.15, 0.2) is 0 Å². The highest BCUT2D eigenvalue weighted by atomic mass is 19.4. The highest BCUT2D eigenvalue weighted by Gasteiger charge is 2.27. The molecule has 0 spiro atoms. The van der Waals surface area contributed by atoms with Crippen molar-refractivity contribution in [1.82, 2.24) is 9.80 Å². The maximum absolute atomic E-state index is 12.4. The number of nitrogens with zero attached hydrogens (tertiary/aromatic N) is 2. The fourth-order valence-electron chi connectivity index (χ4n) is 3.05. The molecule has 29 heavy (non-hydrogen) atoms. The number of carbonyl (C=O) groups excluding carboxylic acids is 1. The number of alkyl halides is 3. The second kappa shape index (κ2) is 11.2. The molecule has 1 aliphatic rings. The summed E-state index contributed by atoms with van der Waals surface area (Å²) in [6, 6.07) is 5.18. The highest BCUT2D eigenvalue weighted by molar-refractivity contribution is 5.94. The molecule has 0 bridgehead atoms. The van der Waals surface area contributed by atoms with Gasteiger partial charge in [0.25, 0.3) is 0 Å². The van der Waals surface area contributed by atoms with Crippen LogP contribution in [-0.2, 0) is 9.53 Å². The second-order valence-electron chi connectivity index (χ2n) is 6.75. The lowest BCUT2D eigenvalue weighted by Gasteiger charge is -2.34. The molecular formula is C19H28F3N3O4. The first-order valence-corrected chi connectivity index (χ1v) is 9.42. The van der Waals surface area contributed by atoms with E-state index >= 15 is 0 Å². The van der Waals surface area contributed by atoms with Gasteiger partial charge in [-0.25, -0.2) is 0 Å². The molecule has 1 aliphatic heterocycles. The van der Waals surface area contributed by atoms with Crippen LogP contribution in [-0.4, -0.2) is 88.6 Å². The summed E-state index contributed by atoms with van der Waals surface area (Å²) in [5.74, 6) is 1.02. The monoisotopic (exact) mass is 419 g/mol. The van der Waals surface area contributed by atoms with E-state index in [9.17, 15) is 18.0 Å². The maximum atomic E-state index is 12.4. The molecule has 1 saturated heterocycles. The average Bonchev–Trinajstić information content (AvgIpc) is 2.68. The predicted molar refractivity (Wildman–Crippen MR) is 103 cm³/mol. The molecule has 10 heteroatoms. The van der Waals surface area contributed by atoms with Crippen molar-refractivity contribution in [1.29, 1.82) is 0 Å². The Kier molecular flexibility index (Phi) is 8.99. The van der Waals surface area contributed by atoms with Crippen LogP contribution in [0.25, 0.3) is 0 Å². The van der Waals surface area contributed by atoms with Crippen molar-refractivity contribution >= 4 is 11.6 Å². The van der Waals surface area contributed by atoms with Crippen LogP contribution in [0, 0.1) is 0 Å². The third-order valence-electron chi connectivity index (χ3n) is 4.54. The predicted octanol–water partition coefficient (Wildman–Crippen LogP) is 2.23. The highest BCUT2D eigenvalue weighted by Crippen LogP contribution is 2.28. The Morgan fingerprint density at radius 3 is 2.41 bits per heavy atom. The number of methoxy groups -OCH3 is 2. The standard InChI is InChI=1S/C19H28F3N3O4/c1-27-15-4-5-17(28-2)16(12-15)23-18(26)13-25-9-7-24(8-10-25)6-3-11-29-14-19(20,21)22/h4-5,12H,3,6-11,13-14H2,1-2H3,(H,23,26). The van der Waals surface area contributed by atoms with Crippen molar-refractivity contribution in [3.8, 4) is 11.5 Å². The van der Waals surface area contributed by atoms with E-state index in [0.29, 0.717) is 43.2 Å². The molecule has 0 atom stereocenters. The van der Waals surface area contributed by atoms with Crippen LogP contribution in [0.3, 0.4) is 0 Å². The van der Waals surface area contributed by atoms with Crippen LogP contribution in [0.5, 0.6) is 11.5 Å². The summed E-state index contributed by atoms with van der Waals surface area (Å²) >= 11 is 0. The third-order valence-corrected chi connectivity index (χ3v) is 4.54. The molecule has 1 aromatic rings. The van der Waals surface area contributed by atoms with E-state index < -0.39 is 12.8 Å². The van der Waals surface area contributed by atoms with E-state index in [1.807, 2.05) is 4.90 Å². The topological polar surface area (TPSA) is 63.3 Å². The van der Waals surface area contributed by atoms with Gasteiger partial charge >= 0.3 is 6.18 Å². The van der Waals surface area contributed by atoms with Crippen LogP contribution in [0.2, 0.25) is 0 Å². The molecule has 1 heterocycles. The fourth-order valence-corrected chi connectivity index (χ4v) is 3.05. The minimum atomic E-state index is -4.28. The largest absolute Gasteiger partial charge is 0.497 e. The summed E-state index contributed by atoms with van der Waals surface area (Å²) in [6.45, 7) is 2.77. The van der Waals surface area contributed by atoms with Gasteiger partial charge in [-0.15, -0.1) is 0 Å². The quantitative estimate of drug-likeness (QED) is 0.587. The van der Waals surface area contributed by atoms with Crippen molar-refractivity contribution in [3.05, 3.63) is 18.2 Å². The van der Waals surface area contributed by atoms with E-state index in [1.54, 1.807) is 25.3 Å². The zero-order valence-electron chi connectivity index (χ0n) is 16.8. The first-order valence-electron chi connectivity index (χ1n) is 9.42. The molecule has 7 nitrogen and oxygen atoms in total. The van der Waals surface area contributed by atoms with Crippen LogP contribution >= 0.6 is 0 Å². The number of rotatable bonds is 10. The van der Waals surface area contributed by atoms with E-state index in [0.717, 1.165) is 13.1 Å². The number of halogens is 3. The number of hydrogen-bond donors (Lipinski definition) is 1. The van der Waals surface area contributed by atoms with Crippen LogP contribution in [0.1, 0.15) is 6.42 Å². The van der Waals surface area contributed by atoms with Crippen molar-refractivity contribution in [2.45, 2.75) is 12.6 Å². The lowest BCUT2D eigenvalue weighted by molar-refractivity contribution is -0.174. The van der Waals surface area contributed by atoms with Crippen molar-refractivity contribution < 1.29 is 32.2 Å². The molecule has 164 valence electrons. The van der Waals surface area contributed by atoms with Gasteiger partial charge in [0.05, 0.1) is 26.5 Å². The molecule has 0 saturated carbocycles. The molecular weight excluding hydrogens is 391 g/mol. The van der Waals surface area contributed by atoms with Gasteiger partial charge in [-0.1, -0.05) is 0 Å². The van der Waals surface area contributed by atoms with Crippen molar-refractivity contribution in [3.63, 3.8) is 0 Å². The van der Waals surface area contributed by atoms with E-state index in [1.165, 1.54) is 7.11 Å². The Labute approximate surface area is 168 Å². The van der Waals surface area contributed by atoms with Gasteiger partial charge in [0, 0.05) is 45.4 Å². The molecule has 0 unspecified atom stereocenters. The summed E-state index contributed by atoms with van der Waals surface area (Å²) < 4.78 is 51.1. The van der Waals surface area contributed by atoms with E-state index in [-0.39, 0.29) is 19.1 Å². The van der Waals surface area contributed by atoms with Crippen LogP contribution in [0.4, 0.5) is 18.9 Å². The van der Waals surface area contributed by atoms with Gasteiger partial charge in [-0.05, 0) is 18.6 Å². The molecule has 2 rings (SSSR count). The van der Waals surface area contributed by atoms with E-state index in [2.05, 4.69) is 15.0 Å². The summed E-state index contributed by atoms with van der Waals surface area (Å²) in [7, 11) is 3.08. The minimum absolute atomic E-state index is 0.0878. The third kappa shape index (κ3) is 8.46. The minimum Gasteiger partial charge on any atom is -0.497 e. The molecule has 0 aliphatic carbocycles. The SMILES string of the molecule is COc1ccc(OC)c(NC(=O)CN2CCN(CCCOCC(F)(F)F)CC2)c1. The molecule has 0 radical (unpaired) electrons. The average molecular weight is 419 g/mol. The lowest BCUT2D eigenvalue weighted by Crippen LogP contribution is -2.48. The fraction of sp³-hybridized carbons (Fsp3) is 0.632.